The van der Waals surface area contributed by atoms with Gasteiger partial charge in [0.1, 0.15) is 5.65 Å². The molecule has 0 aliphatic carbocycles. The molecule has 4 nitrogen and oxygen atoms in total. The molecule has 3 aromatic rings. The Balaban J connectivity index is 1.84. The number of carbonyl (C=O) groups excluding carboxylic acids is 1. The quantitative estimate of drug-likeness (QED) is 0.695. The van der Waals surface area contributed by atoms with E-state index in [2.05, 4.69) is 32.9 Å². The summed E-state index contributed by atoms with van der Waals surface area (Å²) in [6, 6.07) is 11.2. The van der Waals surface area contributed by atoms with Crippen molar-refractivity contribution in [3.63, 3.8) is 0 Å². The van der Waals surface area contributed by atoms with E-state index < -0.39 is 0 Å². The fraction of sp³-hybridized carbons (Fsp3) is 0.0667. The second-order valence-corrected chi connectivity index (χ2v) is 5.77. The number of nitrogens with zero attached hydrogens (tertiary/aromatic N) is 2. The number of imidazole rings is 1. The molecule has 100 valence electrons. The zero-order chi connectivity index (χ0) is 14.1. The van der Waals surface area contributed by atoms with Gasteiger partial charge in [0.15, 0.2) is 0 Å². The summed E-state index contributed by atoms with van der Waals surface area (Å²) in [6.07, 6.45) is 3.79. The van der Waals surface area contributed by atoms with Crippen molar-refractivity contribution in [1.82, 2.24) is 9.38 Å². The highest BCUT2D eigenvalue weighted by molar-refractivity contribution is 14.1. The van der Waals surface area contributed by atoms with Gasteiger partial charge in [-0.15, -0.1) is 0 Å². The minimum absolute atomic E-state index is 0.113. The van der Waals surface area contributed by atoms with Crippen LogP contribution in [0.3, 0.4) is 0 Å². The summed E-state index contributed by atoms with van der Waals surface area (Å²) in [5, 5.41) is 2.89. The Morgan fingerprint density at radius 2 is 1.90 bits per heavy atom. The molecule has 0 bridgehead atoms. The van der Waals surface area contributed by atoms with E-state index in [1.807, 2.05) is 60.1 Å². The third-order valence-corrected chi connectivity index (χ3v) is 3.65. The number of benzene rings is 1. The average molecular weight is 377 g/mol. The molecular formula is C15H12IN3O. The second-order valence-electron chi connectivity index (χ2n) is 4.53. The fourth-order valence-corrected chi connectivity index (χ4v) is 2.36. The lowest BCUT2D eigenvalue weighted by Crippen LogP contribution is -2.12. The monoisotopic (exact) mass is 377 g/mol. The van der Waals surface area contributed by atoms with Crippen LogP contribution < -0.4 is 5.32 Å². The Bertz CT molecular complexity index is 777. The summed E-state index contributed by atoms with van der Waals surface area (Å²) in [5.41, 5.74) is 3.21. The molecule has 3 rings (SSSR count). The first-order valence-electron chi connectivity index (χ1n) is 6.14. The standard InChI is InChI=1S/C15H12IN3O/c1-10-8-19-9-13(6-7-14(19)17-10)18-15(20)11-2-4-12(16)5-3-11/h2-9H,1H3,(H,18,20). The number of pyridine rings is 1. The van der Waals surface area contributed by atoms with Crippen LogP contribution in [0.4, 0.5) is 5.69 Å². The number of rotatable bonds is 2. The number of nitrogens with one attached hydrogen (secondary N) is 1. The van der Waals surface area contributed by atoms with Gasteiger partial charge in [0.2, 0.25) is 0 Å². The van der Waals surface area contributed by atoms with Crippen LogP contribution in [0.1, 0.15) is 16.1 Å². The maximum atomic E-state index is 12.1. The Labute approximate surface area is 130 Å². The van der Waals surface area contributed by atoms with Crippen molar-refractivity contribution in [2.24, 2.45) is 0 Å². The van der Waals surface area contributed by atoms with E-state index in [9.17, 15) is 4.79 Å². The van der Waals surface area contributed by atoms with Gasteiger partial charge in [0, 0.05) is 21.5 Å². The summed E-state index contributed by atoms with van der Waals surface area (Å²) in [6.45, 7) is 1.94. The van der Waals surface area contributed by atoms with Crippen LogP contribution in [-0.4, -0.2) is 15.3 Å². The number of amides is 1. The zero-order valence-electron chi connectivity index (χ0n) is 10.8. The molecule has 1 aromatic carbocycles. The van der Waals surface area contributed by atoms with E-state index in [0.29, 0.717) is 5.56 Å². The Morgan fingerprint density at radius 1 is 1.15 bits per heavy atom. The van der Waals surface area contributed by atoms with Crippen LogP contribution in [0.15, 0.2) is 48.8 Å². The van der Waals surface area contributed by atoms with Crippen molar-refractivity contribution >= 4 is 39.8 Å². The Morgan fingerprint density at radius 3 is 2.65 bits per heavy atom. The molecule has 0 saturated heterocycles. The summed E-state index contributed by atoms with van der Waals surface area (Å²) in [5.74, 6) is -0.113. The zero-order valence-corrected chi connectivity index (χ0v) is 13.0. The van der Waals surface area contributed by atoms with Gasteiger partial charge < -0.3 is 9.72 Å². The van der Waals surface area contributed by atoms with Crippen LogP contribution in [-0.2, 0) is 0 Å². The normalized spacial score (nSPS) is 10.7. The van der Waals surface area contributed by atoms with Gasteiger partial charge in [-0.2, -0.15) is 0 Å². The van der Waals surface area contributed by atoms with E-state index in [1.165, 1.54) is 0 Å². The molecule has 0 fully saturated rings. The molecule has 0 atom stereocenters. The minimum Gasteiger partial charge on any atom is -0.321 e. The highest BCUT2D eigenvalue weighted by Crippen LogP contribution is 2.13. The summed E-state index contributed by atoms with van der Waals surface area (Å²) < 4.78 is 3.01. The number of halogens is 1. The van der Waals surface area contributed by atoms with Crippen LogP contribution in [0.25, 0.3) is 5.65 Å². The van der Waals surface area contributed by atoms with Crippen LogP contribution in [0.2, 0.25) is 0 Å². The first-order chi connectivity index (χ1) is 9.61. The van der Waals surface area contributed by atoms with Gasteiger partial charge in [-0.05, 0) is 65.9 Å². The predicted molar refractivity (Wildman–Crippen MR) is 87.0 cm³/mol. The van der Waals surface area contributed by atoms with E-state index in [4.69, 9.17) is 0 Å². The third-order valence-electron chi connectivity index (χ3n) is 2.94. The number of aromatic nitrogens is 2. The minimum atomic E-state index is -0.113. The fourth-order valence-electron chi connectivity index (χ4n) is 2.00. The van der Waals surface area contributed by atoms with Crippen molar-refractivity contribution in [1.29, 1.82) is 0 Å². The molecule has 5 heteroatoms. The molecule has 0 aliphatic heterocycles. The highest BCUT2D eigenvalue weighted by atomic mass is 127. The maximum Gasteiger partial charge on any atom is 0.255 e. The molecule has 1 amide bonds. The number of anilines is 1. The van der Waals surface area contributed by atoms with Gasteiger partial charge in [-0.25, -0.2) is 4.98 Å². The summed E-state index contributed by atoms with van der Waals surface area (Å²) >= 11 is 2.21. The lowest BCUT2D eigenvalue weighted by molar-refractivity contribution is 0.102. The molecule has 2 heterocycles. The van der Waals surface area contributed by atoms with Crippen molar-refractivity contribution in [2.75, 3.05) is 5.32 Å². The van der Waals surface area contributed by atoms with Crippen molar-refractivity contribution in [3.8, 4) is 0 Å². The molecular weight excluding hydrogens is 365 g/mol. The summed E-state index contributed by atoms with van der Waals surface area (Å²) in [7, 11) is 0. The Kier molecular flexibility index (Phi) is 3.43. The third kappa shape index (κ3) is 2.67. The first-order valence-corrected chi connectivity index (χ1v) is 7.22. The molecule has 0 spiro atoms. The van der Waals surface area contributed by atoms with Gasteiger partial charge in [-0.1, -0.05) is 0 Å². The van der Waals surface area contributed by atoms with E-state index in [1.54, 1.807) is 0 Å². The lowest BCUT2D eigenvalue weighted by atomic mass is 10.2. The molecule has 0 radical (unpaired) electrons. The van der Waals surface area contributed by atoms with E-state index in [-0.39, 0.29) is 5.91 Å². The van der Waals surface area contributed by atoms with Crippen molar-refractivity contribution in [2.45, 2.75) is 6.92 Å². The average Bonchev–Trinajstić information content (AvgIpc) is 2.78. The van der Waals surface area contributed by atoms with Gasteiger partial charge in [-0.3, -0.25) is 4.79 Å². The van der Waals surface area contributed by atoms with Crippen LogP contribution >= 0.6 is 22.6 Å². The molecule has 0 saturated carbocycles. The van der Waals surface area contributed by atoms with E-state index in [0.717, 1.165) is 20.6 Å². The van der Waals surface area contributed by atoms with E-state index >= 15 is 0 Å². The number of hydrogen-bond donors (Lipinski definition) is 1. The van der Waals surface area contributed by atoms with Gasteiger partial charge >= 0.3 is 0 Å². The molecule has 2 aromatic heterocycles. The highest BCUT2D eigenvalue weighted by Gasteiger charge is 2.06. The van der Waals surface area contributed by atoms with Crippen LogP contribution in [0.5, 0.6) is 0 Å². The predicted octanol–water partition coefficient (Wildman–Crippen LogP) is 3.50. The van der Waals surface area contributed by atoms with Crippen LogP contribution in [0, 0.1) is 10.5 Å². The smallest absolute Gasteiger partial charge is 0.255 e. The number of aryl methyl sites for hydroxylation is 1. The maximum absolute atomic E-state index is 12.1. The summed E-state index contributed by atoms with van der Waals surface area (Å²) in [4.78, 5) is 16.5. The van der Waals surface area contributed by atoms with Crippen molar-refractivity contribution < 1.29 is 4.79 Å². The number of fused-ring (bicyclic) bond motifs is 1. The molecule has 20 heavy (non-hydrogen) atoms. The van der Waals surface area contributed by atoms with Gasteiger partial charge in [0.25, 0.3) is 5.91 Å². The number of carbonyl (C=O) groups is 1. The largest absolute Gasteiger partial charge is 0.321 e. The topological polar surface area (TPSA) is 46.4 Å². The number of hydrogen-bond acceptors (Lipinski definition) is 2. The molecule has 0 unspecified atom stereocenters. The Hall–Kier alpha value is -1.89. The van der Waals surface area contributed by atoms with Gasteiger partial charge in [0.05, 0.1) is 11.4 Å². The second kappa shape index (κ2) is 5.24. The SMILES string of the molecule is Cc1cn2cc(NC(=O)c3ccc(I)cc3)ccc2n1. The molecule has 1 N–H and O–H groups in total. The van der Waals surface area contributed by atoms with Crippen molar-refractivity contribution in [3.05, 3.63) is 63.6 Å². The first kappa shape index (κ1) is 13.1. The lowest BCUT2D eigenvalue weighted by Gasteiger charge is -2.06. The molecule has 0 aliphatic rings.